The predicted octanol–water partition coefficient (Wildman–Crippen LogP) is 3.32. The molecule has 2 saturated heterocycles. The molecule has 4 aromatic rings. The van der Waals surface area contributed by atoms with Crippen molar-refractivity contribution < 1.29 is 4.74 Å². The molecule has 200 valence electrons. The van der Waals surface area contributed by atoms with Gasteiger partial charge in [-0.3, -0.25) is 0 Å². The summed E-state index contributed by atoms with van der Waals surface area (Å²) in [5, 5.41) is 26.1. The summed E-state index contributed by atoms with van der Waals surface area (Å²) in [6.45, 7) is 11.4. The number of nitrogens with zero attached hydrogens (tertiary/aromatic N) is 9. The first-order chi connectivity index (χ1) is 18.9. The van der Waals surface area contributed by atoms with Crippen LogP contribution in [-0.2, 0) is 4.74 Å². The molecule has 1 N–H and O–H groups in total. The number of hydrogen-bond donors (Lipinski definition) is 1. The first-order valence-electron chi connectivity index (χ1n) is 13.3. The van der Waals surface area contributed by atoms with Gasteiger partial charge in [-0.15, -0.1) is 10.2 Å². The third kappa shape index (κ3) is 4.95. The van der Waals surface area contributed by atoms with Gasteiger partial charge in [0.25, 0.3) is 0 Å². The Balaban J connectivity index is 1.22. The van der Waals surface area contributed by atoms with Gasteiger partial charge in [-0.1, -0.05) is 13.8 Å². The topological polar surface area (TPSA) is 120 Å². The average Bonchev–Trinajstić information content (AvgIpc) is 3.40. The summed E-state index contributed by atoms with van der Waals surface area (Å²) in [5.41, 5.74) is 3.89. The van der Waals surface area contributed by atoms with E-state index in [1.54, 1.807) is 6.07 Å². The van der Waals surface area contributed by atoms with Crippen LogP contribution in [0.3, 0.4) is 0 Å². The smallest absolute Gasteiger partial charge is 0.163 e. The van der Waals surface area contributed by atoms with Crippen molar-refractivity contribution in [3.63, 3.8) is 0 Å². The number of rotatable bonds is 5. The Morgan fingerprint density at radius 3 is 2.51 bits per heavy atom. The lowest BCUT2D eigenvalue weighted by Gasteiger charge is -2.45. The van der Waals surface area contributed by atoms with E-state index in [0.717, 1.165) is 85.7 Å². The lowest BCUT2D eigenvalue weighted by atomic mass is 9.79. The molecule has 4 aromatic heterocycles. The summed E-state index contributed by atoms with van der Waals surface area (Å²) >= 11 is 0. The highest BCUT2D eigenvalue weighted by Gasteiger charge is 2.37. The van der Waals surface area contributed by atoms with Gasteiger partial charge in [0.1, 0.15) is 17.7 Å². The number of morpholine rings is 1. The summed E-state index contributed by atoms with van der Waals surface area (Å²) in [6, 6.07) is 12.0. The summed E-state index contributed by atoms with van der Waals surface area (Å²) < 4.78 is 7.37. The van der Waals surface area contributed by atoms with Crippen molar-refractivity contribution in [1.29, 1.82) is 5.26 Å². The van der Waals surface area contributed by atoms with Crippen LogP contribution in [0.2, 0.25) is 0 Å². The molecule has 11 heteroatoms. The zero-order valence-corrected chi connectivity index (χ0v) is 22.5. The number of nitrogens with one attached hydrogen (secondary N) is 1. The average molecular weight is 525 g/mol. The maximum absolute atomic E-state index is 9.03. The van der Waals surface area contributed by atoms with Crippen molar-refractivity contribution in [3.05, 3.63) is 54.0 Å². The summed E-state index contributed by atoms with van der Waals surface area (Å²) in [4.78, 5) is 13.8. The number of anilines is 3. The minimum atomic E-state index is -0.0644. The van der Waals surface area contributed by atoms with Crippen molar-refractivity contribution >= 4 is 23.1 Å². The fourth-order valence-electron chi connectivity index (χ4n) is 5.39. The van der Waals surface area contributed by atoms with Crippen LogP contribution in [0, 0.1) is 23.7 Å². The summed E-state index contributed by atoms with van der Waals surface area (Å²) in [7, 11) is 0. The van der Waals surface area contributed by atoms with E-state index in [9.17, 15) is 0 Å². The van der Waals surface area contributed by atoms with Crippen LogP contribution >= 0.6 is 0 Å². The third-order valence-electron chi connectivity index (χ3n) is 7.67. The lowest BCUT2D eigenvalue weighted by Crippen LogP contribution is -2.52. The van der Waals surface area contributed by atoms with Gasteiger partial charge in [-0.2, -0.15) is 14.9 Å². The molecule has 0 bridgehead atoms. The van der Waals surface area contributed by atoms with Gasteiger partial charge in [0.2, 0.25) is 0 Å². The van der Waals surface area contributed by atoms with E-state index < -0.39 is 0 Å². The monoisotopic (exact) mass is 524 g/mol. The molecule has 11 nitrogen and oxygen atoms in total. The lowest BCUT2D eigenvalue weighted by molar-refractivity contribution is 0.122. The first kappa shape index (κ1) is 25.0. The first-order valence-corrected chi connectivity index (χ1v) is 13.3. The van der Waals surface area contributed by atoms with Crippen LogP contribution in [0.25, 0.3) is 16.9 Å². The molecule has 2 fully saturated rings. The minimum Gasteiger partial charge on any atom is -0.378 e. The van der Waals surface area contributed by atoms with Gasteiger partial charge in [-0.25, -0.2) is 9.97 Å². The van der Waals surface area contributed by atoms with Crippen molar-refractivity contribution in [2.75, 3.05) is 54.5 Å². The number of piperidine rings is 1. The van der Waals surface area contributed by atoms with Crippen LogP contribution < -0.4 is 15.1 Å². The van der Waals surface area contributed by atoms with Crippen molar-refractivity contribution in [2.45, 2.75) is 33.2 Å². The standard InChI is InChI=1S/C28H32N10O/c1-19-16-30-26-14-22(20-4-6-24(31-17-20)36-10-12-39-13-11-36)35-38(26)27(19)32-23-8-9-37(18-28(23,2)3)25-7-5-21(15-29)33-34-25/h4-7,14,16-17,23,32H,8-13,18H2,1-3H3. The second-order valence-corrected chi connectivity index (χ2v) is 10.9. The van der Waals surface area contributed by atoms with Gasteiger partial charge in [0, 0.05) is 67.2 Å². The molecular weight excluding hydrogens is 492 g/mol. The van der Waals surface area contributed by atoms with E-state index in [0.29, 0.717) is 5.69 Å². The van der Waals surface area contributed by atoms with Crippen LogP contribution in [0.15, 0.2) is 42.7 Å². The molecule has 0 aromatic carbocycles. The molecule has 0 aliphatic carbocycles. The molecule has 1 atom stereocenters. The number of aromatic nitrogens is 6. The van der Waals surface area contributed by atoms with E-state index in [-0.39, 0.29) is 11.5 Å². The number of nitriles is 1. The Labute approximate surface area is 227 Å². The molecule has 1 unspecified atom stereocenters. The van der Waals surface area contributed by atoms with Crippen molar-refractivity contribution in [3.8, 4) is 17.3 Å². The summed E-state index contributed by atoms with van der Waals surface area (Å²) in [6.07, 6.45) is 4.70. The quantitative estimate of drug-likeness (QED) is 0.416. The van der Waals surface area contributed by atoms with Crippen LogP contribution in [0.5, 0.6) is 0 Å². The molecule has 0 spiro atoms. The number of ether oxygens (including phenoxy) is 1. The second kappa shape index (κ2) is 10.1. The van der Waals surface area contributed by atoms with Gasteiger partial charge < -0.3 is 19.9 Å². The molecule has 0 radical (unpaired) electrons. The Bertz CT molecular complexity index is 1500. The Morgan fingerprint density at radius 1 is 1.00 bits per heavy atom. The van der Waals surface area contributed by atoms with E-state index in [1.165, 1.54) is 0 Å². The van der Waals surface area contributed by atoms with E-state index >= 15 is 0 Å². The number of aryl methyl sites for hydroxylation is 1. The molecule has 2 aliphatic rings. The highest BCUT2D eigenvalue weighted by Crippen LogP contribution is 2.34. The van der Waals surface area contributed by atoms with Crippen molar-refractivity contribution in [2.24, 2.45) is 5.41 Å². The maximum atomic E-state index is 9.03. The number of hydrogen-bond acceptors (Lipinski definition) is 10. The van der Waals surface area contributed by atoms with Gasteiger partial charge >= 0.3 is 0 Å². The molecule has 6 rings (SSSR count). The highest BCUT2D eigenvalue weighted by molar-refractivity contribution is 5.66. The van der Waals surface area contributed by atoms with Crippen LogP contribution in [0.1, 0.15) is 31.5 Å². The molecule has 39 heavy (non-hydrogen) atoms. The highest BCUT2D eigenvalue weighted by atomic mass is 16.5. The fraction of sp³-hybridized carbons (Fsp3) is 0.429. The fourth-order valence-corrected chi connectivity index (χ4v) is 5.39. The van der Waals surface area contributed by atoms with E-state index in [1.807, 2.05) is 35.1 Å². The number of fused-ring (bicyclic) bond motifs is 1. The normalized spacial score (nSPS) is 19.2. The molecule has 2 aliphatic heterocycles. The minimum absolute atomic E-state index is 0.0644. The molecule has 6 heterocycles. The molecule has 0 amide bonds. The SMILES string of the molecule is Cc1cnc2cc(-c3ccc(N4CCOCC4)nc3)nn2c1NC1CCN(c2ccc(C#N)nn2)CC1(C)C. The zero-order valence-electron chi connectivity index (χ0n) is 22.5. The van der Waals surface area contributed by atoms with E-state index in [4.69, 9.17) is 20.1 Å². The van der Waals surface area contributed by atoms with E-state index in [2.05, 4.69) is 63.2 Å². The van der Waals surface area contributed by atoms with Crippen LogP contribution in [0.4, 0.5) is 17.5 Å². The second-order valence-electron chi connectivity index (χ2n) is 10.9. The summed E-state index contributed by atoms with van der Waals surface area (Å²) in [5.74, 6) is 2.71. The van der Waals surface area contributed by atoms with Gasteiger partial charge in [0.15, 0.2) is 17.2 Å². The van der Waals surface area contributed by atoms with Gasteiger partial charge in [0.05, 0.1) is 18.9 Å². The number of pyridine rings is 1. The largest absolute Gasteiger partial charge is 0.378 e. The third-order valence-corrected chi connectivity index (χ3v) is 7.67. The maximum Gasteiger partial charge on any atom is 0.163 e. The van der Waals surface area contributed by atoms with Crippen molar-refractivity contribution in [1.82, 2.24) is 29.8 Å². The van der Waals surface area contributed by atoms with Crippen LogP contribution in [-0.4, -0.2) is 75.2 Å². The predicted molar refractivity (Wildman–Crippen MR) is 149 cm³/mol. The Hall–Kier alpha value is -4.30. The zero-order chi connectivity index (χ0) is 27.0. The Morgan fingerprint density at radius 2 is 1.82 bits per heavy atom. The molecular formula is C28H32N10O. The molecule has 0 saturated carbocycles. The van der Waals surface area contributed by atoms with Gasteiger partial charge in [-0.05, 0) is 37.6 Å². The Kier molecular flexibility index (Phi) is 6.48.